The summed E-state index contributed by atoms with van der Waals surface area (Å²) in [6.45, 7) is 0. The molecule has 0 atom stereocenters. The Bertz CT molecular complexity index is 21.0. The topological polar surface area (TPSA) is 72.3 Å². The van der Waals surface area contributed by atoms with Crippen LogP contribution in [0.15, 0.2) is 0 Å². The quantitative estimate of drug-likeness (QED) is 0.274. The van der Waals surface area contributed by atoms with Gasteiger partial charge in [-0.05, 0) is 0 Å². The summed E-state index contributed by atoms with van der Waals surface area (Å²) in [4.78, 5) is 6.99. The molecule has 0 bridgehead atoms. The van der Waals surface area contributed by atoms with Crippen LogP contribution >= 0.6 is 8.69 Å². The summed E-state index contributed by atoms with van der Waals surface area (Å²) in [6, 6.07) is 0. The fraction of sp³-hybridized carbons (Fsp3) is 0. The van der Waals surface area contributed by atoms with E-state index in [-0.39, 0.29) is 59.0 Å². The van der Waals surface area contributed by atoms with Crippen LogP contribution in [0.1, 0.15) is 1.43 Å². The van der Waals surface area contributed by atoms with Gasteiger partial charge in [-0.1, -0.05) is 0 Å². The van der Waals surface area contributed by atoms with Gasteiger partial charge in [-0.3, -0.25) is 0 Å². The first-order chi connectivity index (χ1) is 1.41. The van der Waals surface area contributed by atoms with E-state index in [1.54, 1.807) is 0 Å². The zero-order valence-corrected chi connectivity index (χ0v) is 7.03. The van der Waals surface area contributed by atoms with E-state index in [2.05, 4.69) is 0 Å². The van der Waals surface area contributed by atoms with E-state index < -0.39 is 8.69 Å². The zero-order valence-electron chi connectivity index (χ0n) is 4.01. The average Bonchev–Trinajstić information content (AvgIpc) is 0.918. The molecule has 0 heterocycles. The molecule has 0 aromatic heterocycles. The van der Waals surface area contributed by atoms with Crippen molar-refractivity contribution in [3.8, 4) is 0 Å². The molecule has 0 aromatic rings. The molecule has 0 unspecified atom stereocenters. The molecule has 4 N–H and O–H groups in total. The monoisotopic (exact) mass is 121 g/mol. The third-order valence-corrected chi connectivity index (χ3v) is 0. The van der Waals surface area contributed by atoms with Gasteiger partial charge in [0, 0.05) is 0 Å². The average molecular weight is 121 g/mol. The zero-order chi connectivity index (χ0) is 2.71. The summed E-state index contributed by atoms with van der Waals surface area (Å²) >= 11 is 0. The molecule has 28 valence electrons. The molecule has 0 aliphatic rings. The van der Waals surface area contributed by atoms with Crippen molar-refractivity contribution < 1.29 is 62.3 Å². The second kappa shape index (κ2) is 17.4. The maximum atomic E-state index is 8.46. The Kier molecular flexibility index (Phi) is 55.4. The number of hydrogen-bond acceptors (Lipinski definition) is 2. The largest absolute Gasteiger partial charge is 1.00 e. The van der Waals surface area contributed by atoms with Crippen molar-refractivity contribution >= 4 is 8.69 Å². The summed E-state index contributed by atoms with van der Waals surface area (Å²) in [6.07, 6.45) is 0. The van der Waals surface area contributed by atoms with Crippen LogP contribution in [0.25, 0.3) is 0 Å². The molecule has 0 aliphatic carbocycles. The Morgan fingerprint density at radius 3 is 1.80 bits per heavy atom. The molecule has 0 saturated heterocycles. The van der Waals surface area contributed by atoms with E-state index >= 15 is 0 Å². The van der Waals surface area contributed by atoms with Gasteiger partial charge in [-0.15, -0.1) is 0 Å². The summed E-state index contributed by atoms with van der Waals surface area (Å²) in [5.74, 6) is 0. The normalized spacial score (nSPS) is 4.20. The Balaban J connectivity index is -0.00000000667. The van der Waals surface area contributed by atoms with Gasteiger partial charge in [0.05, 0.1) is 0 Å². The predicted molar refractivity (Wildman–Crippen MR) is 16.0 cm³/mol. The molecule has 0 saturated carbocycles. The van der Waals surface area contributed by atoms with Gasteiger partial charge in [0.2, 0.25) is 0 Å². The fourth-order valence-corrected chi connectivity index (χ4v) is 0. The minimum absolute atomic E-state index is 0. The van der Waals surface area contributed by atoms with Gasteiger partial charge >= 0.3 is 60.1 Å². The van der Waals surface area contributed by atoms with Crippen molar-refractivity contribution in [2.45, 2.75) is 0 Å². The van der Waals surface area contributed by atoms with Gasteiger partial charge in [-0.2, -0.15) is 0 Å². The number of rotatable bonds is 0. The molecule has 0 fully saturated rings. The minimum atomic E-state index is -0.833. The van der Waals surface area contributed by atoms with Crippen LogP contribution in [0.4, 0.5) is 0 Å². The summed E-state index contributed by atoms with van der Waals surface area (Å²) in [7, 11) is -0.833. The van der Waals surface area contributed by atoms with E-state index in [1.165, 1.54) is 0 Å². The maximum absolute atomic E-state index is 8.46. The van der Waals surface area contributed by atoms with Crippen molar-refractivity contribution in [2.75, 3.05) is 0 Å². The first-order valence-electron chi connectivity index (χ1n) is 0.383. The van der Waals surface area contributed by atoms with Crippen molar-refractivity contribution in [2.24, 2.45) is 0 Å². The predicted octanol–water partition coefficient (Wildman–Crippen LogP) is -2.54. The molecule has 0 aliphatic heterocycles. The standard InChI is InChI=1S/K.H3N.HO2P.H/c;;1-3-2;/h;1H3;(H,1,2);/q+1;;;-1. The summed E-state index contributed by atoms with van der Waals surface area (Å²) in [5, 5.41) is 0. The van der Waals surface area contributed by atoms with E-state index in [4.69, 9.17) is 9.46 Å². The second-order valence-electron chi connectivity index (χ2n) is 0.0816. The van der Waals surface area contributed by atoms with Gasteiger partial charge in [-0.25, -0.2) is 4.57 Å². The van der Waals surface area contributed by atoms with Crippen LogP contribution < -0.4 is 57.5 Å². The molecule has 0 spiro atoms. The van der Waals surface area contributed by atoms with Crippen LogP contribution in [-0.2, 0) is 4.57 Å². The van der Waals surface area contributed by atoms with Crippen molar-refractivity contribution in [3.05, 3.63) is 0 Å². The molecule has 3 nitrogen and oxygen atoms in total. The first kappa shape index (κ1) is 15.9. The van der Waals surface area contributed by atoms with Crippen molar-refractivity contribution in [1.29, 1.82) is 0 Å². The van der Waals surface area contributed by atoms with Crippen LogP contribution in [0.2, 0.25) is 0 Å². The smallest absolute Gasteiger partial charge is 1.00 e. The SMILES string of the molecule is N.O=PO.[H-].[K+]. The molecule has 0 aromatic carbocycles. The molecular weight excluding hydrogens is 116 g/mol. The molecular formula is H5KNO2P. The summed E-state index contributed by atoms with van der Waals surface area (Å²) < 4.78 is 8.46. The minimum Gasteiger partial charge on any atom is -1.00 e. The molecule has 5 heavy (non-hydrogen) atoms. The third-order valence-electron chi connectivity index (χ3n) is 0. The first-order valence-corrected chi connectivity index (χ1v) is 1.15. The molecule has 0 rings (SSSR count). The van der Waals surface area contributed by atoms with Crippen LogP contribution in [0.5, 0.6) is 0 Å². The third kappa shape index (κ3) is 27.6. The Hall–Kier alpha value is 1.66. The van der Waals surface area contributed by atoms with Gasteiger partial charge in [0.25, 0.3) is 0 Å². The van der Waals surface area contributed by atoms with E-state index in [9.17, 15) is 0 Å². The van der Waals surface area contributed by atoms with Gasteiger partial charge < -0.3 is 12.5 Å². The van der Waals surface area contributed by atoms with E-state index in [0.717, 1.165) is 0 Å². The number of hydrogen-bond donors (Lipinski definition) is 2. The van der Waals surface area contributed by atoms with Crippen LogP contribution in [0.3, 0.4) is 0 Å². The Morgan fingerprint density at radius 2 is 1.80 bits per heavy atom. The Labute approximate surface area is 75.9 Å². The Morgan fingerprint density at radius 1 is 1.80 bits per heavy atom. The van der Waals surface area contributed by atoms with Crippen LogP contribution in [-0.4, -0.2) is 4.89 Å². The van der Waals surface area contributed by atoms with E-state index in [0.29, 0.717) is 0 Å². The van der Waals surface area contributed by atoms with Gasteiger partial charge in [0.1, 0.15) is 0 Å². The fourth-order valence-electron chi connectivity index (χ4n) is 0. The summed E-state index contributed by atoms with van der Waals surface area (Å²) in [5.41, 5.74) is 0. The molecule has 0 amide bonds. The molecule has 0 radical (unpaired) electrons. The van der Waals surface area contributed by atoms with E-state index in [1.807, 2.05) is 0 Å². The van der Waals surface area contributed by atoms with Gasteiger partial charge in [0.15, 0.2) is 0 Å². The van der Waals surface area contributed by atoms with Crippen LogP contribution in [0, 0.1) is 0 Å². The van der Waals surface area contributed by atoms with Crippen molar-refractivity contribution in [1.82, 2.24) is 6.15 Å². The maximum Gasteiger partial charge on any atom is 1.00 e. The molecule has 5 heteroatoms. The van der Waals surface area contributed by atoms with Crippen molar-refractivity contribution in [3.63, 3.8) is 0 Å². The second-order valence-corrected chi connectivity index (χ2v) is 0.245.